The van der Waals surface area contributed by atoms with Crippen molar-refractivity contribution in [1.29, 1.82) is 0 Å². The van der Waals surface area contributed by atoms with Gasteiger partial charge in [-0.15, -0.1) is 0 Å². The van der Waals surface area contributed by atoms with Gasteiger partial charge in [0.2, 0.25) is 0 Å². The van der Waals surface area contributed by atoms with E-state index in [-0.39, 0.29) is 18.2 Å². The summed E-state index contributed by atoms with van der Waals surface area (Å²) in [4.78, 5) is 17.2. The van der Waals surface area contributed by atoms with Gasteiger partial charge in [-0.2, -0.15) is 0 Å². The highest BCUT2D eigenvalue weighted by atomic mass is 32.2. The summed E-state index contributed by atoms with van der Waals surface area (Å²) in [6, 6.07) is 0. The lowest BCUT2D eigenvalue weighted by Crippen LogP contribution is -2.31. The van der Waals surface area contributed by atoms with Crippen LogP contribution in [-0.4, -0.2) is 60.9 Å². The van der Waals surface area contributed by atoms with Crippen molar-refractivity contribution in [2.45, 2.75) is 6.54 Å². The molecule has 1 aromatic rings. The van der Waals surface area contributed by atoms with E-state index in [0.717, 1.165) is 6.26 Å². The van der Waals surface area contributed by atoms with Crippen molar-refractivity contribution in [3.63, 3.8) is 0 Å². The van der Waals surface area contributed by atoms with Gasteiger partial charge in [0.05, 0.1) is 12.1 Å². The number of nitrogens with two attached hydrogens (primary N) is 1. The molecule has 0 aromatic carbocycles. The van der Waals surface area contributed by atoms with E-state index in [1.807, 2.05) is 0 Å². The van der Waals surface area contributed by atoms with Crippen LogP contribution in [0.2, 0.25) is 0 Å². The van der Waals surface area contributed by atoms with Crippen molar-refractivity contribution in [3.8, 4) is 0 Å². The lowest BCUT2D eigenvalue weighted by Gasteiger charge is -2.14. The predicted molar refractivity (Wildman–Crippen MR) is 68.0 cm³/mol. The molecule has 0 atom stereocenters. The van der Waals surface area contributed by atoms with Crippen LogP contribution < -0.4 is 5.73 Å². The summed E-state index contributed by atoms with van der Waals surface area (Å²) < 4.78 is 23.7. The van der Waals surface area contributed by atoms with Crippen LogP contribution in [0.25, 0.3) is 0 Å². The fourth-order valence-electron chi connectivity index (χ4n) is 1.34. The Morgan fingerprint density at radius 2 is 2.22 bits per heavy atom. The Labute approximate surface area is 107 Å². The lowest BCUT2D eigenvalue weighted by atomic mass is 10.4. The molecular weight excluding hydrogens is 256 g/mol. The molecule has 1 rings (SSSR count). The largest absolute Gasteiger partial charge is 0.339 e. The highest BCUT2D eigenvalue weighted by molar-refractivity contribution is 7.90. The summed E-state index contributed by atoms with van der Waals surface area (Å²) in [5.74, 6) is -0.354. The van der Waals surface area contributed by atoms with Gasteiger partial charge in [-0.3, -0.25) is 4.79 Å². The third-order valence-corrected chi connectivity index (χ3v) is 3.31. The average Bonchev–Trinajstić information content (AvgIpc) is 2.73. The molecular formula is C10H18N4O3S. The standard InChI is InChI=1S/C10H18N4O3S/c1-13(5-6-18(2,16)17)10(15)9-7-14(4-3-11)8-12-9/h7-8H,3-6,11H2,1-2H3. The van der Waals surface area contributed by atoms with Crippen molar-refractivity contribution < 1.29 is 13.2 Å². The number of imidazole rings is 1. The molecule has 8 heteroatoms. The van der Waals surface area contributed by atoms with Gasteiger partial charge >= 0.3 is 0 Å². The van der Waals surface area contributed by atoms with Crippen molar-refractivity contribution in [2.24, 2.45) is 5.73 Å². The second-order valence-electron chi connectivity index (χ2n) is 4.14. The SMILES string of the molecule is CN(CCS(C)(=O)=O)C(=O)c1cn(CCN)cn1. The zero-order valence-electron chi connectivity index (χ0n) is 10.5. The van der Waals surface area contributed by atoms with Crippen LogP contribution in [-0.2, 0) is 16.4 Å². The van der Waals surface area contributed by atoms with Crippen LogP contribution in [0.5, 0.6) is 0 Å². The van der Waals surface area contributed by atoms with Gasteiger partial charge in [-0.05, 0) is 0 Å². The number of rotatable bonds is 6. The Morgan fingerprint density at radius 1 is 1.56 bits per heavy atom. The summed E-state index contributed by atoms with van der Waals surface area (Å²) >= 11 is 0. The van der Waals surface area contributed by atoms with Crippen LogP contribution in [0.4, 0.5) is 0 Å². The van der Waals surface area contributed by atoms with Crippen LogP contribution in [0.15, 0.2) is 12.5 Å². The van der Waals surface area contributed by atoms with E-state index >= 15 is 0 Å². The Kier molecular flexibility index (Phi) is 4.85. The summed E-state index contributed by atoms with van der Waals surface area (Å²) in [7, 11) is -1.52. The van der Waals surface area contributed by atoms with Gasteiger partial charge in [0.1, 0.15) is 15.5 Å². The summed E-state index contributed by atoms with van der Waals surface area (Å²) in [6.07, 6.45) is 4.28. The molecule has 1 heterocycles. The van der Waals surface area contributed by atoms with Gasteiger partial charge in [-0.25, -0.2) is 13.4 Å². The smallest absolute Gasteiger partial charge is 0.273 e. The zero-order chi connectivity index (χ0) is 13.8. The van der Waals surface area contributed by atoms with Crippen LogP contribution in [0.3, 0.4) is 0 Å². The molecule has 18 heavy (non-hydrogen) atoms. The fraction of sp³-hybridized carbons (Fsp3) is 0.600. The fourth-order valence-corrected chi connectivity index (χ4v) is 1.95. The first-order chi connectivity index (χ1) is 8.33. The predicted octanol–water partition coefficient (Wildman–Crippen LogP) is -1.04. The molecule has 0 aliphatic heterocycles. The van der Waals surface area contributed by atoms with Crippen LogP contribution >= 0.6 is 0 Å². The third-order valence-electron chi connectivity index (χ3n) is 2.38. The zero-order valence-corrected chi connectivity index (χ0v) is 11.4. The van der Waals surface area contributed by atoms with Gasteiger partial charge in [0.25, 0.3) is 5.91 Å². The Morgan fingerprint density at radius 3 is 2.78 bits per heavy atom. The van der Waals surface area contributed by atoms with E-state index in [0.29, 0.717) is 18.8 Å². The summed E-state index contributed by atoms with van der Waals surface area (Å²) in [6.45, 7) is 1.21. The molecule has 7 nitrogen and oxygen atoms in total. The van der Waals surface area contributed by atoms with E-state index in [1.165, 1.54) is 11.2 Å². The first kappa shape index (κ1) is 14.7. The monoisotopic (exact) mass is 274 g/mol. The Bertz CT molecular complexity index is 509. The number of nitrogens with zero attached hydrogens (tertiary/aromatic N) is 3. The quantitative estimate of drug-likeness (QED) is 0.714. The topological polar surface area (TPSA) is 98.3 Å². The number of hydrogen-bond donors (Lipinski definition) is 1. The van der Waals surface area contributed by atoms with E-state index < -0.39 is 9.84 Å². The Balaban J connectivity index is 2.62. The van der Waals surface area contributed by atoms with Crippen LogP contribution in [0, 0.1) is 0 Å². The molecule has 0 aliphatic carbocycles. The number of carbonyl (C=O) groups is 1. The molecule has 0 aliphatic rings. The van der Waals surface area contributed by atoms with Crippen molar-refractivity contribution in [1.82, 2.24) is 14.5 Å². The molecule has 0 fully saturated rings. The number of amides is 1. The maximum Gasteiger partial charge on any atom is 0.273 e. The van der Waals surface area contributed by atoms with Gasteiger partial charge in [-0.1, -0.05) is 0 Å². The van der Waals surface area contributed by atoms with Crippen molar-refractivity contribution >= 4 is 15.7 Å². The molecule has 2 N–H and O–H groups in total. The van der Waals surface area contributed by atoms with Gasteiger partial charge in [0.15, 0.2) is 0 Å². The van der Waals surface area contributed by atoms with Crippen molar-refractivity contribution in [3.05, 3.63) is 18.2 Å². The molecule has 0 radical (unpaired) electrons. The molecule has 0 unspecified atom stereocenters. The number of aromatic nitrogens is 2. The molecule has 0 saturated heterocycles. The number of carbonyl (C=O) groups excluding carboxylic acids is 1. The maximum absolute atomic E-state index is 11.9. The van der Waals surface area contributed by atoms with E-state index in [2.05, 4.69) is 4.98 Å². The summed E-state index contributed by atoms with van der Waals surface area (Å²) in [5.41, 5.74) is 5.68. The second-order valence-corrected chi connectivity index (χ2v) is 6.40. The normalized spacial score (nSPS) is 11.5. The van der Waals surface area contributed by atoms with Gasteiger partial charge < -0.3 is 15.2 Å². The first-order valence-corrected chi connectivity index (χ1v) is 7.54. The minimum absolute atomic E-state index is 0.0568. The first-order valence-electron chi connectivity index (χ1n) is 5.48. The third kappa shape index (κ3) is 4.46. The molecule has 0 bridgehead atoms. The minimum atomic E-state index is -3.07. The minimum Gasteiger partial charge on any atom is -0.339 e. The maximum atomic E-state index is 11.9. The van der Waals surface area contributed by atoms with E-state index in [1.54, 1.807) is 17.8 Å². The summed E-state index contributed by atoms with van der Waals surface area (Å²) in [5, 5.41) is 0. The highest BCUT2D eigenvalue weighted by Crippen LogP contribution is 2.01. The second kappa shape index (κ2) is 5.96. The average molecular weight is 274 g/mol. The molecule has 0 saturated carbocycles. The van der Waals surface area contributed by atoms with Gasteiger partial charge in [0, 0.05) is 39.1 Å². The number of sulfone groups is 1. The van der Waals surface area contributed by atoms with E-state index in [4.69, 9.17) is 5.73 Å². The molecule has 0 spiro atoms. The molecule has 102 valence electrons. The highest BCUT2D eigenvalue weighted by Gasteiger charge is 2.15. The lowest BCUT2D eigenvalue weighted by molar-refractivity contribution is 0.0798. The van der Waals surface area contributed by atoms with Crippen LogP contribution in [0.1, 0.15) is 10.5 Å². The van der Waals surface area contributed by atoms with E-state index in [9.17, 15) is 13.2 Å². The molecule has 1 aromatic heterocycles. The Hall–Kier alpha value is -1.41. The number of hydrogen-bond acceptors (Lipinski definition) is 5. The molecule has 1 amide bonds. The van der Waals surface area contributed by atoms with Crippen molar-refractivity contribution in [2.75, 3.05) is 32.1 Å².